The summed E-state index contributed by atoms with van der Waals surface area (Å²) in [4.78, 5) is 11.2. The van der Waals surface area contributed by atoms with E-state index in [0.29, 0.717) is 21.6 Å². The van der Waals surface area contributed by atoms with Gasteiger partial charge in [0, 0.05) is 6.07 Å². The molecule has 5 heteroatoms. The van der Waals surface area contributed by atoms with Gasteiger partial charge in [0.2, 0.25) is 5.91 Å². The maximum Gasteiger partial charge on any atom is 0.234 e. The normalized spacial score (nSPS) is 9.53. The molecule has 0 bridgehead atoms. The molecule has 0 spiro atoms. The third kappa shape index (κ3) is 3.26. The van der Waals surface area contributed by atoms with Crippen molar-refractivity contribution in [2.45, 2.75) is 0 Å². The van der Waals surface area contributed by atoms with Crippen LogP contribution in [0.4, 0.5) is 5.69 Å². The fraction of sp³-hybridized carbons (Fsp3) is 0.300. The second kappa shape index (κ2) is 5.79. The van der Waals surface area contributed by atoms with Crippen molar-refractivity contribution in [2.75, 3.05) is 24.0 Å². The number of methoxy groups -OCH3 is 2. The third-order valence-electron chi connectivity index (χ3n) is 1.80. The van der Waals surface area contributed by atoms with Crippen LogP contribution in [-0.4, -0.2) is 24.6 Å². The van der Waals surface area contributed by atoms with Crippen LogP contribution in [0, 0.1) is 0 Å². The van der Waals surface area contributed by atoms with Crippen LogP contribution in [0.25, 0.3) is 0 Å². The van der Waals surface area contributed by atoms with Crippen LogP contribution in [0.5, 0.6) is 11.5 Å². The summed E-state index contributed by atoms with van der Waals surface area (Å²) < 4.78 is 10.6. The van der Waals surface area contributed by atoms with E-state index >= 15 is 0 Å². The van der Waals surface area contributed by atoms with E-state index in [1.807, 2.05) is 22.6 Å². The van der Waals surface area contributed by atoms with Crippen LogP contribution in [0.1, 0.15) is 0 Å². The van der Waals surface area contributed by atoms with Crippen molar-refractivity contribution >= 4 is 34.2 Å². The summed E-state index contributed by atoms with van der Waals surface area (Å²) in [5.41, 5.74) is 0.624. The molecule has 1 aromatic rings. The number of rotatable bonds is 4. The van der Waals surface area contributed by atoms with Gasteiger partial charge in [-0.05, 0) is 12.1 Å². The Bertz CT molecular complexity index is 355. The van der Waals surface area contributed by atoms with Crippen molar-refractivity contribution < 1.29 is 14.3 Å². The molecule has 0 saturated heterocycles. The number of anilines is 1. The zero-order valence-corrected chi connectivity index (χ0v) is 10.7. The maximum atomic E-state index is 11.2. The van der Waals surface area contributed by atoms with Crippen LogP contribution < -0.4 is 14.8 Å². The van der Waals surface area contributed by atoms with Crippen LogP contribution >= 0.6 is 22.6 Å². The maximum absolute atomic E-state index is 11.2. The van der Waals surface area contributed by atoms with E-state index in [2.05, 4.69) is 5.32 Å². The van der Waals surface area contributed by atoms with Crippen molar-refractivity contribution in [3.8, 4) is 11.5 Å². The Balaban J connectivity index is 2.95. The van der Waals surface area contributed by atoms with E-state index in [0.717, 1.165) is 0 Å². The summed E-state index contributed by atoms with van der Waals surface area (Å²) in [6.45, 7) is 0. The van der Waals surface area contributed by atoms with Gasteiger partial charge in [0.15, 0.2) is 0 Å². The highest BCUT2D eigenvalue weighted by Crippen LogP contribution is 2.28. The van der Waals surface area contributed by atoms with Crippen molar-refractivity contribution in [1.82, 2.24) is 0 Å². The van der Waals surface area contributed by atoms with Crippen LogP contribution in [0.2, 0.25) is 0 Å². The lowest BCUT2D eigenvalue weighted by atomic mass is 10.2. The molecular formula is C10H12INO3. The molecule has 0 atom stereocenters. The highest BCUT2D eigenvalue weighted by atomic mass is 127. The molecule has 1 aromatic carbocycles. The molecule has 0 aliphatic heterocycles. The van der Waals surface area contributed by atoms with Gasteiger partial charge in [-0.25, -0.2) is 0 Å². The fourth-order valence-corrected chi connectivity index (χ4v) is 1.29. The Morgan fingerprint density at radius 1 is 1.40 bits per heavy atom. The second-order valence-electron chi connectivity index (χ2n) is 2.75. The molecule has 0 aliphatic rings. The number of carbonyl (C=O) groups is 1. The first-order chi connectivity index (χ1) is 7.21. The zero-order valence-electron chi connectivity index (χ0n) is 8.54. The lowest BCUT2D eigenvalue weighted by Gasteiger charge is -2.10. The Morgan fingerprint density at radius 3 is 2.67 bits per heavy atom. The van der Waals surface area contributed by atoms with Crippen molar-refractivity contribution in [1.29, 1.82) is 0 Å². The minimum Gasteiger partial charge on any atom is -0.497 e. The minimum absolute atomic E-state index is 0.0675. The van der Waals surface area contributed by atoms with E-state index in [-0.39, 0.29) is 5.91 Å². The third-order valence-corrected chi connectivity index (χ3v) is 2.49. The first kappa shape index (κ1) is 12.1. The van der Waals surface area contributed by atoms with Crippen molar-refractivity contribution in [3.63, 3.8) is 0 Å². The summed E-state index contributed by atoms with van der Waals surface area (Å²) in [5.74, 6) is 1.23. The van der Waals surface area contributed by atoms with Gasteiger partial charge < -0.3 is 14.8 Å². The standard InChI is InChI=1S/C10H12INO3/c1-14-7-3-4-9(15-2)8(5-7)12-10(13)6-11/h3-5H,6H2,1-2H3,(H,12,13). The molecular weight excluding hydrogens is 309 g/mol. The Morgan fingerprint density at radius 2 is 2.13 bits per heavy atom. The number of benzene rings is 1. The molecule has 0 unspecified atom stereocenters. The summed E-state index contributed by atoms with van der Waals surface area (Å²) in [7, 11) is 3.13. The molecule has 15 heavy (non-hydrogen) atoms. The average Bonchev–Trinajstić information content (AvgIpc) is 2.28. The first-order valence-corrected chi connectivity index (χ1v) is 5.81. The highest BCUT2D eigenvalue weighted by molar-refractivity contribution is 14.1. The zero-order chi connectivity index (χ0) is 11.3. The molecule has 1 amide bonds. The van der Waals surface area contributed by atoms with Gasteiger partial charge in [-0.3, -0.25) is 4.79 Å². The van der Waals surface area contributed by atoms with E-state index in [4.69, 9.17) is 9.47 Å². The average molecular weight is 321 g/mol. The molecule has 0 saturated carbocycles. The molecule has 82 valence electrons. The van der Waals surface area contributed by atoms with E-state index in [9.17, 15) is 4.79 Å². The SMILES string of the molecule is COc1ccc(OC)c(NC(=O)CI)c1. The molecule has 0 fully saturated rings. The number of ether oxygens (including phenoxy) is 2. The van der Waals surface area contributed by atoms with Crippen molar-refractivity contribution in [2.24, 2.45) is 0 Å². The van der Waals surface area contributed by atoms with Gasteiger partial charge in [0.1, 0.15) is 11.5 Å². The number of halogens is 1. The van der Waals surface area contributed by atoms with E-state index < -0.39 is 0 Å². The smallest absolute Gasteiger partial charge is 0.234 e. The molecule has 1 rings (SSSR count). The van der Waals surface area contributed by atoms with Crippen molar-refractivity contribution in [3.05, 3.63) is 18.2 Å². The summed E-state index contributed by atoms with van der Waals surface area (Å²) in [6, 6.07) is 5.25. The Labute approximate surface area is 102 Å². The fourth-order valence-electron chi connectivity index (χ4n) is 1.10. The van der Waals surface area contributed by atoms with Gasteiger partial charge in [0.05, 0.1) is 24.3 Å². The predicted octanol–water partition coefficient (Wildman–Crippen LogP) is 2.08. The molecule has 0 aliphatic carbocycles. The largest absolute Gasteiger partial charge is 0.497 e. The van der Waals surface area contributed by atoms with E-state index in [1.165, 1.54) is 0 Å². The number of alkyl halides is 1. The van der Waals surface area contributed by atoms with Crippen LogP contribution in [0.3, 0.4) is 0 Å². The summed E-state index contributed by atoms with van der Waals surface area (Å²) in [5, 5.41) is 2.73. The highest BCUT2D eigenvalue weighted by Gasteiger charge is 2.07. The topological polar surface area (TPSA) is 47.6 Å². The summed E-state index contributed by atoms with van der Waals surface area (Å²) in [6.07, 6.45) is 0. The molecule has 0 heterocycles. The van der Waals surface area contributed by atoms with Gasteiger partial charge in [-0.15, -0.1) is 0 Å². The first-order valence-electron chi connectivity index (χ1n) is 4.29. The lowest BCUT2D eigenvalue weighted by molar-refractivity contribution is -0.113. The molecule has 0 radical (unpaired) electrons. The molecule has 0 aromatic heterocycles. The number of hydrogen-bond acceptors (Lipinski definition) is 3. The van der Waals surface area contributed by atoms with Gasteiger partial charge in [-0.2, -0.15) is 0 Å². The Hall–Kier alpha value is -0.980. The number of amides is 1. The quantitative estimate of drug-likeness (QED) is 0.682. The lowest BCUT2D eigenvalue weighted by Crippen LogP contribution is -2.13. The molecule has 4 nitrogen and oxygen atoms in total. The number of hydrogen-bond donors (Lipinski definition) is 1. The monoisotopic (exact) mass is 321 g/mol. The Kier molecular flexibility index (Phi) is 4.67. The van der Waals surface area contributed by atoms with Gasteiger partial charge in [-0.1, -0.05) is 22.6 Å². The van der Waals surface area contributed by atoms with Crippen LogP contribution in [-0.2, 0) is 4.79 Å². The van der Waals surface area contributed by atoms with Crippen LogP contribution in [0.15, 0.2) is 18.2 Å². The van der Waals surface area contributed by atoms with Gasteiger partial charge >= 0.3 is 0 Å². The number of carbonyl (C=O) groups excluding carboxylic acids is 1. The van der Waals surface area contributed by atoms with E-state index in [1.54, 1.807) is 32.4 Å². The second-order valence-corrected chi connectivity index (χ2v) is 3.51. The van der Waals surface area contributed by atoms with Gasteiger partial charge in [0.25, 0.3) is 0 Å². The predicted molar refractivity (Wildman–Crippen MR) is 67.1 cm³/mol. The summed E-state index contributed by atoms with van der Waals surface area (Å²) >= 11 is 2.00. The number of nitrogens with one attached hydrogen (secondary N) is 1. The minimum atomic E-state index is -0.0675. The molecule has 1 N–H and O–H groups in total.